The number of rotatable bonds is 30. The molecular formula is C30H63N5O8P2. The molecule has 0 radical (unpaired) electrons. The molecule has 2 atom stereocenters. The highest BCUT2D eigenvalue weighted by Crippen LogP contribution is 2.39. The third-order valence-corrected chi connectivity index (χ3v) is 9.21. The summed E-state index contributed by atoms with van der Waals surface area (Å²) in [5.74, 6) is 0. The van der Waals surface area contributed by atoms with Crippen LogP contribution in [0.4, 0.5) is 0 Å². The van der Waals surface area contributed by atoms with E-state index in [1.54, 1.807) is 0 Å². The number of likely N-dealkylation sites (N-methyl/N-ethyl adjacent to an activating group) is 2. The zero-order valence-electron chi connectivity index (χ0n) is 29.0. The molecule has 2 unspecified atom stereocenters. The van der Waals surface area contributed by atoms with Gasteiger partial charge in [-0.05, 0) is 32.1 Å². The molecule has 0 fully saturated rings. The van der Waals surface area contributed by atoms with E-state index in [2.05, 4.69) is 16.5 Å². The fourth-order valence-electron chi connectivity index (χ4n) is 4.39. The average Bonchev–Trinajstić information content (AvgIpc) is 3.36. The Kier molecular flexibility index (Phi) is 21.4. The molecule has 0 aliphatic heterocycles. The van der Waals surface area contributed by atoms with Gasteiger partial charge in [0, 0.05) is 12.7 Å². The Morgan fingerprint density at radius 3 is 1.42 bits per heavy atom. The highest BCUT2D eigenvalue weighted by Gasteiger charge is 2.14. The molecule has 0 amide bonds. The van der Waals surface area contributed by atoms with Gasteiger partial charge in [-0.2, -0.15) is 0 Å². The maximum atomic E-state index is 11.8. The van der Waals surface area contributed by atoms with Crippen LogP contribution in [0.5, 0.6) is 0 Å². The third kappa shape index (κ3) is 27.0. The molecule has 15 heteroatoms. The molecule has 1 heterocycles. The van der Waals surface area contributed by atoms with Gasteiger partial charge >= 0.3 is 0 Å². The SMILES string of the molecule is C[N+](C)(C)CCOP(=O)([O-])OCCCCCCCCCCn1cc(CCCCCCCCOP(=O)([O-])OCC[N+](C)(C)C)nn1. The normalized spacial score (nSPS) is 15.3. The van der Waals surface area contributed by atoms with Crippen molar-refractivity contribution in [2.24, 2.45) is 0 Å². The number of aromatic nitrogens is 3. The highest BCUT2D eigenvalue weighted by molar-refractivity contribution is 7.46. The summed E-state index contributed by atoms with van der Waals surface area (Å²) < 4.78 is 46.5. The van der Waals surface area contributed by atoms with Crippen molar-refractivity contribution >= 4 is 15.6 Å². The van der Waals surface area contributed by atoms with Crippen LogP contribution < -0.4 is 9.79 Å². The molecule has 0 saturated heterocycles. The first-order valence-corrected chi connectivity index (χ1v) is 19.7. The molecule has 13 nitrogen and oxygen atoms in total. The van der Waals surface area contributed by atoms with Gasteiger partial charge in [0.05, 0.1) is 61.2 Å². The highest BCUT2D eigenvalue weighted by atomic mass is 31.2. The fraction of sp³-hybridized carbons (Fsp3) is 0.933. The summed E-state index contributed by atoms with van der Waals surface area (Å²) in [6.45, 7) is 2.71. The molecule has 0 bridgehead atoms. The molecule has 0 N–H and O–H groups in total. The van der Waals surface area contributed by atoms with Crippen LogP contribution in [0.2, 0.25) is 0 Å². The van der Waals surface area contributed by atoms with E-state index in [0.717, 1.165) is 89.3 Å². The first kappa shape index (κ1) is 42.3. The van der Waals surface area contributed by atoms with E-state index < -0.39 is 15.6 Å². The topological polar surface area (TPSA) is 148 Å². The van der Waals surface area contributed by atoms with Crippen molar-refractivity contribution in [1.29, 1.82) is 0 Å². The van der Waals surface area contributed by atoms with Crippen LogP contribution in [-0.4, -0.2) is 106 Å². The summed E-state index contributed by atoms with van der Waals surface area (Å²) in [6, 6.07) is 0. The number of quaternary nitrogens is 2. The number of phosphoric ester groups is 2. The van der Waals surface area contributed by atoms with Gasteiger partial charge in [0.2, 0.25) is 0 Å². The second-order valence-corrected chi connectivity index (χ2v) is 16.7. The van der Waals surface area contributed by atoms with E-state index >= 15 is 0 Å². The lowest BCUT2D eigenvalue weighted by Crippen LogP contribution is -2.37. The molecule has 266 valence electrons. The van der Waals surface area contributed by atoms with Crippen molar-refractivity contribution in [2.75, 3.05) is 81.8 Å². The minimum absolute atomic E-state index is 0.131. The number of hydrogen-bond acceptors (Lipinski definition) is 10. The van der Waals surface area contributed by atoms with Crippen molar-refractivity contribution in [2.45, 2.75) is 103 Å². The molecule has 0 aromatic carbocycles. The zero-order valence-corrected chi connectivity index (χ0v) is 30.8. The van der Waals surface area contributed by atoms with Crippen LogP contribution in [0.1, 0.15) is 95.6 Å². The molecule has 1 aromatic rings. The molecular weight excluding hydrogens is 620 g/mol. The summed E-state index contributed by atoms with van der Waals surface area (Å²) in [4.78, 5) is 23.5. The summed E-state index contributed by atoms with van der Waals surface area (Å²) in [5, 5.41) is 8.57. The van der Waals surface area contributed by atoms with Crippen LogP contribution in [0.15, 0.2) is 6.20 Å². The maximum absolute atomic E-state index is 11.8. The third-order valence-electron chi connectivity index (χ3n) is 7.22. The van der Waals surface area contributed by atoms with E-state index in [1.807, 2.05) is 47.0 Å². The first-order chi connectivity index (χ1) is 21.1. The Balaban J connectivity index is 1.93. The standard InChI is InChI=1S/C30H63N5O8P2/c1-34(2,3)23-27-42-44(36,37)40-25-19-15-11-8-7-10-14-18-22-33-29-30(31-32-33)21-17-13-9-12-16-20-26-41-45(38,39)43-28-24-35(4,5)6/h29H,7-28H2,1-6H3. The molecule has 1 rings (SSSR count). The second-order valence-electron chi connectivity index (χ2n) is 13.9. The Labute approximate surface area is 273 Å². The van der Waals surface area contributed by atoms with Crippen molar-refractivity contribution in [1.82, 2.24) is 15.0 Å². The Bertz CT molecular complexity index is 984. The maximum Gasteiger partial charge on any atom is 0.268 e. The number of hydrogen-bond donors (Lipinski definition) is 0. The first-order valence-electron chi connectivity index (χ1n) is 16.8. The quantitative estimate of drug-likeness (QED) is 0.0635. The van der Waals surface area contributed by atoms with Gasteiger partial charge in [-0.15, -0.1) is 5.10 Å². The van der Waals surface area contributed by atoms with Crippen LogP contribution >= 0.6 is 15.6 Å². The van der Waals surface area contributed by atoms with E-state index in [1.165, 1.54) is 12.8 Å². The Morgan fingerprint density at radius 2 is 0.978 bits per heavy atom. The van der Waals surface area contributed by atoms with E-state index in [4.69, 9.17) is 18.1 Å². The molecule has 0 spiro atoms. The van der Waals surface area contributed by atoms with Gasteiger partial charge in [0.25, 0.3) is 15.6 Å². The lowest BCUT2D eigenvalue weighted by atomic mass is 10.1. The predicted molar refractivity (Wildman–Crippen MR) is 173 cm³/mol. The van der Waals surface area contributed by atoms with Crippen molar-refractivity contribution in [3.8, 4) is 0 Å². The van der Waals surface area contributed by atoms with E-state index in [0.29, 0.717) is 28.5 Å². The van der Waals surface area contributed by atoms with Crippen LogP contribution in [0.25, 0.3) is 0 Å². The van der Waals surface area contributed by atoms with Gasteiger partial charge in [-0.1, -0.05) is 69.4 Å². The summed E-state index contributed by atoms with van der Waals surface area (Å²) in [7, 11) is 3.48. The molecule has 1 aromatic heterocycles. The largest absolute Gasteiger partial charge is 0.756 e. The average molecular weight is 684 g/mol. The summed E-state index contributed by atoms with van der Waals surface area (Å²) >= 11 is 0. The van der Waals surface area contributed by atoms with Crippen molar-refractivity contribution in [3.05, 3.63) is 11.9 Å². The fourth-order valence-corrected chi connectivity index (χ4v) is 5.86. The van der Waals surface area contributed by atoms with Gasteiger partial charge < -0.3 is 36.8 Å². The minimum Gasteiger partial charge on any atom is -0.756 e. The smallest absolute Gasteiger partial charge is 0.268 e. The lowest BCUT2D eigenvalue weighted by Gasteiger charge is -2.27. The molecule has 0 aliphatic rings. The monoisotopic (exact) mass is 683 g/mol. The predicted octanol–water partition coefficient (Wildman–Crippen LogP) is 4.70. The number of phosphoric acid groups is 2. The van der Waals surface area contributed by atoms with E-state index in [9.17, 15) is 18.9 Å². The molecule has 0 aliphatic carbocycles. The Morgan fingerprint density at radius 1 is 0.600 bits per heavy atom. The van der Waals surface area contributed by atoms with Gasteiger partial charge in [-0.25, -0.2) is 0 Å². The Hall–Kier alpha value is -0.720. The van der Waals surface area contributed by atoms with E-state index in [-0.39, 0.29) is 26.4 Å². The number of unbranched alkanes of at least 4 members (excludes halogenated alkanes) is 12. The van der Waals surface area contributed by atoms with Gasteiger partial charge in [-0.3, -0.25) is 13.8 Å². The number of aryl methyl sites for hydroxylation is 2. The van der Waals surface area contributed by atoms with Gasteiger partial charge in [0.15, 0.2) is 0 Å². The van der Waals surface area contributed by atoms with Crippen molar-refractivity contribution < 1.29 is 46.0 Å². The van der Waals surface area contributed by atoms with Gasteiger partial charge in [0.1, 0.15) is 26.3 Å². The van der Waals surface area contributed by atoms with Crippen molar-refractivity contribution in [3.63, 3.8) is 0 Å². The molecule has 45 heavy (non-hydrogen) atoms. The number of nitrogens with zero attached hydrogens (tertiary/aromatic N) is 5. The molecule has 0 saturated carbocycles. The minimum atomic E-state index is -4.20. The second kappa shape index (κ2) is 22.8. The van der Waals surface area contributed by atoms with Crippen LogP contribution in [0, 0.1) is 0 Å². The summed E-state index contributed by atoms with van der Waals surface area (Å²) in [6.07, 6.45) is 17.4. The van der Waals surface area contributed by atoms with Crippen LogP contribution in [-0.2, 0) is 40.2 Å². The lowest BCUT2D eigenvalue weighted by molar-refractivity contribution is -0.870. The summed E-state index contributed by atoms with van der Waals surface area (Å²) in [5.41, 5.74) is 1.04. The van der Waals surface area contributed by atoms with Crippen LogP contribution in [0.3, 0.4) is 0 Å². The zero-order chi connectivity index (χ0) is 33.7.